The second-order valence-electron chi connectivity index (χ2n) is 3.60. The van der Waals surface area contributed by atoms with E-state index in [1.807, 2.05) is 9.71 Å². The monoisotopic (exact) mass is 313 g/mol. The number of hydrogen-bond donors (Lipinski definition) is 4. The molecule has 0 aromatic carbocycles. The Hall–Kier alpha value is -3.02. The maximum atomic E-state index is 12.0. The largest absolute Gasteiger partial charge is 0.476 e. The van der Waals surface area contributed by atoms with Crippen LogP contribution in [0.15, 0.2) is 33.1 Å². The van der Waals surface area contributed by atoms with Crippen molar-refractivity contribution in [2.45, 2.75) is 4.90 Å². The van der Waals surface area contributed by atoms with Crippen LogP contribution in [0.4, 0.5) is 5.82 Å². The minimum atomic E-state index is -4.45. The summed E-state index contributed by atoms with van der Waals surface area (Å²) in [4.78, 5) is 43.1. The van der Waals surface area contributed by atoms with Gasteiger partial charge in [0.05, 0.1) is 0 Å². The smallest absolute Gasteiger partial charge is 0.358 e. The van der Waals surface area contributed by atoms with Gasteiger partial charge in [-0.25, -0.2) is 28.0 Å². The molecule has 2 rings (SSSR count). The van der Waals surface area contributed by atoms with Crippen LogP contribution in [0.3, 0.4) is 0 Å². The first-order chi connectivity index (χ1) is 9.81. The fourth-order valence-electron chi connectivity index (χ4n) is 1.35. The van der Waals surface area contributed by atoms with Crippen molar-refractivity contribution in [3.63, 3.8) is 0 Å². The summed E-state index contributed by atoms with van der Waals surface area (Å²) in [6, 6.07) is 0. The summed E-state index contributed by atoms with van der Waals surface area (Å²) in [7, 11) is -4.45. The second kappa shape index (κ2) is 5.16. The van der Waals surface area contributed by atoms with Gasteiger partial charge in [-0.2, -0.15) is 0 Å². The van der Waals surface area contributed by atoms with Crippen LogP contribution in [0.2, 0.25) is 0 Å². The van der Waals surface area contributed by atoms with Crippen LogP contribution in [0.25, 0.3) is 0 Å². The normalized spacial score (nSPS) is 11.0. The van der Waals surface area contributed by atoms with Gasteiger partial charge >= 0.3 is 11.7 Å². The number of aromatic amines is 2. The van der Waals surface area contributed by atoms with Gasteiger partial charge in [-0.15, -0.1) is 0 Å². The number of anilines is 1. The Labute approximate surface area is 115 Å². The van der Waals surface area contributed by atoms with E-state index in [9.17, 15) is 22.8 Å². The minimum absolute atomic E-state index is 0.560. The van der Waals surface area contributed by atoms with Crippen molar-refractivity contribution < 1.29 is 18.3 Å². The maximum Gasteiger partial charge on any atom is 0.358 e. The molecule has 2 aromatic rings. The third-order valence-electron chi connectivity index (χ3n) is 2.21. The summed E-state index contributed by atoms with van der Waals surface area (Å²) in [5.74, 6) is -2.06. The highest BCUT2D eigenvalue weighted by Gasteiger charge is 2.23. The molecule has 0 fully saturated rings. The number of aromatic carboxylic acids is 1. The Bertz CT molecular complexity index is 914. The molecule has 0 aliphatic rings. The molecular formula is C9H7N5O6S. The van der Waals surface area contributed by atoms with Gasteiger partial charge in [0, 0.05) is 18.6 Å². The number of H-pyrrole nitrogens is 2. The molecule has 0 radical (unpaired) electrons. The third-order valence-corrected chi connectivity index (χ3v) is 3.55. The van der Waals surface area contributed by atoms with E-state index in [0.717, 1.165) is 12.4 Å². The first kappa shape index (κ1) is 14.4. The Morgan fingerprint density at radius 2 is 1.90 bits per heavy atom. The lowest BCUT2D eigenvalue weighted by atomic mass is 10.4. The van der Waals surface area contributed by atoms with E-state index in [1.54, 1.807) is 4.98 Å². The van der Waals surface area contributed by atoms with E-state index in [-0.39, 0.29) is 0 Å². The van der Waals surface area contributed by atoms with Gasteiger partial charge in [0.25, 0.3) is 15.6 Å². The van der Waals surface area contributed by atoms with Crippen molar-refractivity contribution >= 4 is 21.8 Å². The number of carboxylic acids is 1. The lowest BCUT2D eigenvalue weighted by Gasteiger charge is -2.07. The highest BCUT2D eigenvalue weighted by Crippen LogP contribution is 2.13. The first-order valence-electron chi connectivity index (χ1n) is 5.20. The van der Waals surface area contributed by atoms with Crippen LogP contribution < -0.4 is 16.0 Å². The maximum absolute atomic E-state index is 12.0. The van der Waals surface area contributed by atoms with Crippen LogP contribution in [0.1, 0.15) is 10.5 Å². The predicted molar refractivity (Wildman–Crippen MR) is 67.5 cm³/mol. The predicted octanol–water partition coefficient (Wildman–Crippen LogP) is -1.65. The van der Waals surface area contributed by atoms with Gasteiger partial charge in [0.1, 0.15) is 0 Å². The van der Waals surface area contributed by atoms with E-state index in [1.165, 1.54) is 0 Å². The fourth-order valence-corrected chi connectivity index (χ4v) is 2.37. The van der Waals surface area contributed by atoms with E-state index < -0.39 is 43.6 Å². The molecule has 110 valence electrons. The summed E-state index contributed by atoms with van der Waals surface area (Å²) in [5, 5.41) is 8.87. The first-order valence-corrected chi connectivity index (χ1v) is 6.69. The molecule has 0 saturated heterocycles. The van der Waals surface area contributed by atoms with Crippen molar-refractivity contribution in [3.8, 4) is 0 Å². The SMILES string of the molecule is O=C(O)c1nccnc1NS(=O)(=O)c1c[nH]c(=O)[nH]c1=O. The number of rotatable bonds is 4. The second-order valence-corrected chi connectivity index (χ2v) is 5.25. The molecule has 0 atom stereocenters. The van der Waals surface area contributed by atoms with Gasteiger partial charge < -0.3 is 10.1 Å². The van der Waals surface area contributed by atoms with Crippen LogP contribution in [-0.4, -0.2) is 39.4 Å². The Morgan fingerprint density at radius 3 is 2.52 bits per heavy atom. The summed E-state index contributed by atoms with van der Waals surface area (Å²) >= 11 is 0. The molecule has 12 heteroatoms. The number of carbonyl (C=O) groups is 1. The molecule has 0 aliphatic heterocycles. The van der Waals surface area contributed by atoms with Crippen molar-refractivity contribution in [3.05, 3.63) is 45.1 Å². The number of nitrogens with one attached hydrogen (secondary N) is 3. The molecular weight excluding hydrogens is 306 g/mol. The van der Waals surface area contributed by atoms with Gasteiger partial charge in [-0.05, 0) is 0 Å². The van der Waals surface area contributed by atoms with Gasteiger partial charge in [-0.1, -0.05) is 0 Å². The number of carboxylic acid groups (broad SMARTS) is 1. The number of hydrogen-bond acceptors (Lipinski definition) is 7. The van der Waals surface area contributed by atoms with Crippen LogP contribution in [0.5, 0.6) is 0 Å². The molecule has 0 unspecified atom stereocenters. The minimum Gasteiger partial charge on any atom is -0.476 e. The van der Waals surface area contributed by atoms with E-state index in [0.29, 0.717) is 6.20 Å². The van der Waals surface area contributed by atoms with Crippen molar-refractivity contribution in [1.82, 2.24) is 19.9 Å². The zero-order valence-electron chi connectivity index (χ0n) is 10.0. The molecule has 0 spiro atoms. The molecule has 21 heavy (non-hydrogen) atoms. The number of sulfonamides is 1. The van der Waals surface area contributed by atoms with Crippen molar-refractivity contribution in [1.29, 1.82) is 0 Å². The highest BCUT2D eigenvalue weighted by atomic mass is 32.2. The average molecular weight is 313 g/mol. The fraction of sp³-hybridized carbons (Fsp3) is 0. The topological polar surface area (TPSA) is 175 Å². The Morgan fingerprint density at radius 1 is 1.24 bits per heavy atom. The van der Waals surface area contributed by atoms with Gasteiger partial charge in [0.2, 0.25) is 0 Å². The summed E-state index contributed by atoms with van der Waals surface area (Å²) < 4.78 is 25.8. The molecule has 0 amide bonds. The van der Waals surface area contributed by atoms with E-state index >= 15 is 0 Å². The highest BCUT2D eigenvalue weighted by molar-refractivity contribution is 7.92. The van der Waals surface area contributed by atoms with Crippen LogP contribution >= 0.6 is 0 Å². The zero-order valence-corrected chi connectivity index (χ0v) is 10.8. The molecule has 0 aliphatic carbocycles. The van der Waals surface area contributed by atoms with Gasteiger partial charge in [-0.3, -0.25) is 14.5 Å². The van der Waals surface area contributed by atoms with Gasteiger partial charge in [0.15, 0.2) is 16.4 Å². The van der Waals surface area contributed by atoms with Crippen molar-refractivity contribution in [2.75, 3.05) is 4.72 Å². The Kier molecular flexibility index (Phi) is 3.54. The number of aromatic nitrogens is 4. The summed E-state index contributed by atoms with van der Waals surface area (Å²) in [6.45, 7) is 0. The number of nitrogens with zero attached hydrogens (tertiary/aromatic N) is 2. The lowest BCUT2D eigenvalue weighted by Crippen LogP contribution is -2.30. The van der Waals surface area contributed by atoms with E-state index in [2.05, 4.69) is 9.97 Å². The summed E-state index contributed by atoms with van der Waals surface area (Å²) in [6.07, 6.45) is 2.82. The lowest BCUT2D eigenvalue weighted by molar-refractivity contribution is 0.0691. The zero-order chi connectivity index (χ0) is 15.6. The quantitative estimate of drug-likeness (QED) is 0.519. The Balaban J connectivity index is 2.50. The summed E-state index contributed by atoms with van der Waals surface area (Å²) in [5.41, 5.74) is -2.68. The van der Waals surface area contributed by atoms with Crippen LogP contribution in [-0.2, 0) is 10.0 Å². The molecule has 2 heterocycles. The standard InChI is InChI=1S/C9H7N5O6S/c15-7-4(3-12-9(18)13-7)21(19,20)14-6-5(8(16)17)10-1-2-11-6/h1-3H,(H,11,14)(H,16,17)(H2,12,13,15,18). The molecule has 0 bridgehead atoms. The third kappa shape index (κ3) is 2.94. The van der Waals surface area contributed by atoms with E-state index in [4.69, 9.17) is 5.11 Å². The average Bonchev–Trinajstić information content (AvgIpc) is 2.37. The molecule has 0 saturated carbocycles. The van der Waals surface area contributed by atoms with Crippen molar-refractivity contribution in [2.24, 2.45) is 0 Å². The molecule has 4 N–H and O–H groups in total. The molecule has 11 nitrogen and oxygen atoms in total. The van der Waals surface area contributed by atoms with Crippen LogP contribution in [0, 0.1) is 0 Å². The molecule has 2 aromatic heterocycles.